The van der Waals surface area contributed by atoms with E-state index in [1.807, 2.05) is 6.92 Å². The maximum absolute atomic E-state index is 11.2. The zero-order valence-electron chi connectivity index (χ0n) is 7.47. The van der Waals surface area contributed by atoms with E-state index in [1.54, 1.807) is 0 Å². The Morgan fingerprint density at radius 2 is 2.00 bits per heavy atom. The van der Waals surface area contributed by atoms with Crippen LogP contribution in [0.5, 0.6) is 0 Å². The molecule has 0 aliphatic rings. The van der Waals surface area contributed by atoms with Crippen LogP contribution in [-0.2, 0) is 4.79 Å². The van der Waals surface area contributed by atoms with Crippen molar-refractivity contribution < 1.29 is 4.79 Å². The van der Waals surface area contributed by atoms with Crippen LogP contribution in [0.4, 0.5) is 0 Å². The van der Waals surface area contributed by atoms with Gasteiger partial charge >= 0.3 is 0 Å². The van der Waals surface area contributed by atoms with Crippen molar-refractivity contribution in [3.63, 3.8) is 0 Å². The van der Waals surface area contributed by atoms with Gasteiger partial charge in [0.15, 0.2) is 0 Å². The van der Waals surface area contributed by atoms with Crippen molar-refractivity contribution in [3.05, 3.63) is 0 Å². The number of hydrogen-bond donors (Lipinski definition) is 1. The van der Waals surface area contributed by atoms with E-state index in [1.165, 1.54) is 6.42 Å². The molecule has 0 radical (unpaired) electrons. The highest BCUT2D eigenvalue weighted by molar-refractivity contribution is 7.81. The van der Waals surface area contributed by atoms with Crippen molar-refractivity contribution in [1.29, 1.82) is 0 Å². The average Bonchev–Trinajstić information content (AvgIpc) is 2.03. The predicted molar refractivity (Wildman–Crippen MR) is 52.2 cm³/mol. The number of carbonyl (C=O) groups excluding carboxylic acids is 1. The van der Waals surface area contributed by atoms with E-state index in [2.05, 4.69) is 19.6 Å². The van der Waals surface area contributed by atoms with Gasteiger partial charge in [0, 0.05) is 6.42 Å². The van der Waals surface area contributed by atoms with Crippen molar-refractivity contribution in [2.45, 2.75) is 51.2 Å². The van der Waals surface area contributed by atoms with Crippen LogP contribution < -0.4 is 0 Å². The van der Waals surface area contributed by atoms with Crippen LogP contribution in [-0.4, -0.2) is 11.0 Å². The fourth-order valence-corrected chi connectivity index (χ4v) is 1.07. The lowest BCUT2D eigenvalue weighted by molar-refractivity contribution is -0.118. The molecule has 0 saturated carbocycles. The summed E-state index contributed by atoms with van der Waals surface area (Å²) < 4.78 is 0. The van der Waals surface area contributed by atoms with Crippen LogP contribution in [0.2, 0.25) is 0 Å². The Hall–Kier alpha value is 0.0200. The molecule has 0 bridgehead atoms. The molecule has 0 aliphatic heterocycles. The molecule has 0 aromatic heterocycles. The molecule has 0 aromatic carbocycles. The molecule has 0 aliphatic carbocycles. The lowest BCUT2D eigenvalue weighted by Crippen LogP contribution is -2.12. The molecule has 0 aromatic rings. The van der Waals surface area contributed by atoms with Crippen molar-refractivity contribution in [3.8, 4) is 0 Å². The second kappa shape index (κ2) is 6.71. The maximum atomic E-state index is 11.2. The fraction of sp³-hybridized carbons (Fsp3) is 0.889. The molecule has 0 saturated heterocycles. The Morgan fingerprint density at radius 1 is 1.36 bits per heavy atom. The first-order chi connectivity index (χ1) is 5.22. The zero-order valence-corrected chi connectivity index (χ0v) is 8.36. The molecule has 1 nitrogen and oxygen atoms in total. The summed E-state index contributed by atoms with van der Waals surface area (Å²) in [7, 11) is 0. The lowest BCUT2D eigenvalue weighted by Gasteiger charge is -2.04. The lowest BCUT2D eigenvalue weighted by atomic mass is 10.1. The van der Waals surface area contributed by atoms with Gasteiger partial charge in [-0.1, -0.05) is 26.7 Å². The van der Waals surface area contributed by atoms with E-state index in [4.69, 9.17) is 0 Å². The molecule has 0 rings (SSSR count). The Bertz CT molecular complexity index is 112. The van der Waals surface area contributed by atoms with E-state index in [-0.39, 0.29) is 5.25 Å². The topological polar surface area (TPSA) is 17.1 Å². The largest absolute Gasteiger partial charge is 0.298 e. The van der Waals surface area contributed by atoms with Gasteiger partial charge in [0.2, 0.25) is 0 Å². The SMILES string of the molecule is CCCCCC(=O)C(S)CC. The molecule has 0 N–H and O–H groups in total. The fourth-order valence-electron chi connectivity index (χ4n) is 0.944. The molecule has 2 heteroatoms. The minimum absolute atomic E-state index is 0.0214. The van der Waals surface area contributed by atoms with Gasteiger partial charge in [0.25, 0.3) is 0 Å². The van der Waals surface area contributed by atoms with E-state index >= 15 is 0 Å². The van der Waals surface area contributed by atoms with E-state index in [0.717, 1.165) is 25.7 Å². The second-order valence-corrected chi connectivity index (χ2v) is 3.47. The highest BCUT2D eigenvalue weighted by Crippen LogP contribution is 2.08. The molecule has 0 fully saturated rings. The molecular formula is C9H18OS. The van der Waals surface area contributed by atoms with Crippen molar-refractivity contribution in [2.24, 2.45) is 0 Å². The third kappa shape index (κ3) is 5.31. The summed E-state index contributed by atoms with van der Waals surface area (Å²) in [6, 6.07) is 0. The van der Waals surface area contributed by atoms with Crippen LogP contribution in [0.15, 0.2) is 0 Å². The summed E-state index contributed by atoms with van der Waals surface area (Å²) in [4.78, 5) is 11.2. The number of ketones is 1. The molecular weight excluding hydrogens is 156 g/mol. The van der Waals surface area contributed by atoms with Gasteiger partial charge in [-0.15, -0.1) is 0 Å². The van der Waals surface area contributed by atoms with E-state index in [9.17, 15) is 4.79 Å². The van der Waals surface area contributed by atoms with Crippen LogP contribution in [0, 0.1) is 0 Å². The van der Waals surface area contributed by atoms with Crippen molar-refractivity contribution in [1.82, 2.24) is 0 Å². The Morgan fingerprint density at radius 3 is 2.45 bits per heavy atom. The second-order valence-electron chi connectivity index (χ2n) is 2.85. The molecule has 0 heterocycles. The molecule has 0 spiro atoms. The zero-order chi connectivity index (χ0) is 8.69. The number of Topliss-reactive ketones (excluding diaryl/α,β-unsaturated/α-hetero) is 1. The number of hydrogen-bond acceptors (Lipinski definition) is 2. The monoisotopic (exact) mass is 174 g/mol. The summed E-state index contributed by atoms with van der Waals surface area (Å²) in [5.41, 5.74) is 0. The predicted octanol–water partition coefficient (Wildman–Crippen LogP) is 2.84. The Balaban J connectivity index is 3.36. The standard InChI is InChI=1S/C9H18OS/c1-3-5-6-7-8(10)9(11)4-2/h9,11H,3-7H2,1-2H3. The minimum Gasteiger partial charge on any atom is -0.298 e. The Kier molecular flexibility index (Phi) is 6.73. The van der Waals surface area contributed by atoms with Crippen molar-refractivity contribution >= 4 is 18.4 Å². The van der Waals surface area contributed by atoms with Gasteiger partial charge in [-0.25, -0.2) is 0 Å². The summed E-state index contributed by atoms with van der Waals surface area (Å²) >= 11 is 4.18. The maximum Gasteiger partial charge on any atom is 0.145 e. The minimum atomic E-state index is -0.0214. The van der Waals surface area contributed by atoms with E-state index in [0.29, 0.717) is 5.78 Å². The normalized spacial score (nSPS) is 13.0. The summed E-state index contributed by atoms with van der Waals surface area (Å²) in [5, 5.41) is -0.0214. The van der Waals surface area contributed by atoms with Gasteiger partial charge in [-0.3, -0.25) is 4.79 Å². The first-order valence-electron chi connectivity index (χ1n) is 4.43. The molecule has 1 atom stereocenters. The third-order valence-corrected chi connectivity index (χ3v) is 2.44. The molecule has 66 valence electrons. The third-order valence-electron chi connectivity index (χ3n) is 1.79. The number of thiol groups is 1. The Labute approximate surface area is 75.0 Å². The summed E-state index contributed by atoms with van der Waals surface area (Å²) in [6.07, 6.45) is 4.95. The van der Waals surface area contributed by atoms with Crippen LogP contribution in [0.3, 0.4) is 0 Å². The molecule has 1 unspecified atom stereocenters. The smallest absolute Gasteiger partial charge is 0.145 e. The average molecular weight is 174 g/mol. The quantitative estimate of drug-likeness (QED) is 0.484. The van der Waals surface area contributed by atoms with Crippen LogP contribution in [0.25, 0.3) is 0 Å². The van der Waals surface area contributed by atoms with Gasteiger partial charge in [0.1, 0.15) is 5.78 Å². The van der Waals surface area contributed by atoms with Gasteiger partial charge in [-0.2, -0.15) is 12.6 Å². The number of rotatable bonds is 6. The number of carbonyl (C=O) groups is 1. The van der Waals surface area contributed by atoms with Crippen LogP contribution in [0.1, 0.15) is 46.0 Å². The van der Waals surface area contributed by atoms with Crippen LogP contribution >= 0.6 is 12.6 Å². The molecule has 11 heavy (non-hydrogen) atoms. The first kappa shape index (κ1) is 11.0. The first-order valence-corrected chi connectivity index (χ1v) is 4.94. The van der Waals surface area contributed by atoms with Gasteiger partial charge in [0.05, 0.1) is 5.25 Å². The van der Waals surface area contributed by atoms with Crippen molar-refractivity contribution in [2.75, 3.05) is 0 Å². The summed E-state index contributed by atoms with van der Waals surface area (Å²) in [6.45, 7) is 4.14. The van der Waals surface area contributed by atoms with Gasteiger partial charge < -0.3 is 0 Å². The highest BCUT2D eigenvalue weighted by atomic mass is 32.1. The van der Waals surface area contributed by atoms with Gasteiger partial charge in [-0.05, 0) is 12.8 Å². The number of unbranched alkanes of at least 4 members (excludes halogenated alkanes) is 2. The summed E-state index contributed by atoms with van der Waals surface area (Å²) in [5.74, 6) is 0.310. The van der Waals surface area contributed by atoms with E-state index < -0.39 is 0 Å². The highest BCUT2D eigenvalue weighted by Gasteiger charge is 2.09. The molecule has 0 amide bonds.